The molecule has 3 aromatic carbocycles. The molecule has 0 radical (unpaired) electrons. The monoisotopic (exact) mass is 569 g/mol. The minimum absolute atomic E-state index is 0.133. The number of aryl methyl sites for hydroxylation is 2. The van der Waals surface area contributed by atoms with E-state index in [1.807, 2.05) is 75.4 Å². The Bertz CT molecular complexity index is 1390. The van der Waals surface area contributed by atoms with Gasteiger partial charge in [0.1, 0.15) is 12.6 Å². The van der Waals surface area contributed by atoms with Crippen molar-refractivity contribution in [2.24, 2.45) is 0 Å². The Morgan fingerprint density at radius 1 is 0.923 bits per heavy atom. The third-order valence-corrected chi connectivity index (χ3v) is 7.66. The number of amides is 2. The van der Waals surface area contributed by atoms with Crippen LogP contribution in [0.5, 0.6) is 0 Å². The first-order valence-electron chi connectivity index (χ1n) is 12.8. The number of nitrogens with zero attached hydrogens (tertiary/aromatic N) is 2. The molecular formula is C30H36ClN3O4S. The third kappa shape index (κ3) is 8.57. The van der Waals surface area contributed by atoms with E-state index in [0.717, 1.165) is 27.3 Å². The highest BCUT2D eigenvalue weighted by atomic mass is 35.5. The van der Waals surface area contributed by atoms with E-state index in [1.54, 1.807) is 19.1 Å². The SMILES string of the molecule is Cc1ccc(CN(C(=O)CN(c2cc(Cl)ccc2C)S(C)(=O)=O)C(Cc2ccccc2)C(=O)NC(C)C)cc1. The molecule has 1 N–H and O–H groups in total. The zero-order valence-corrected chi connectivity index (χ0v) is 24.6. The molecule has 0 heterocycles. The number of rotatable bonds is 11. The molecule has 0 aliphatic heterocycles. The van der Waals surface area contributed by atoms with E-state index in [0.29, 0.717) is 16.3 Å². The van der Waals surface area contributed by atoms with Gasteiger partial charge in [-0.2, -0.15) is 0 Å². The van der Waals surface area contributed by atoms with Crippen molar-refractivity contribution < 1.29 is 18.0 Å². The summed E-state index contributed by atoms with van der Waals surface area (Å²) in [6, 6.07) is 21.0. The van der Waals surface area contributed by atoms with Crippen LogP contribution in [0.25, 0.3) is 0 Å². The highest BCUT2D eigenvalue weighted by molar-refractivity contribution is 7.92. The number of carbonyl (C=O) groups is 2. The fraction of sp³-hybridized carbons (Fsp3) is 0.333. The van der Waals surface area contributed by atoms with Crippen LogP contribution in [0.3, 0.4) is 0 Å². The zero-order chi connectivity index (χ0) is 28.7. The van der Waals surface area contributed by atoms with Crippen molar-refractivity contribution >= 4 is 39.1 Å². The van der Waals surface area contributed by atoms with Crippen LogP contribution in [-0.4, -0.2) is 50.0 Å². The van der Waals surface area contributed by atoms with E-state index in [9.17, 15) is 18.0 Å². The average Bonchev–Trinajstić information content (AvgIpc) is 2.86. The molecule has 0 aromatic heterocycles. The Morgan fingerprint density at radius 3 is 2.15 bits per heavy atom. The van der Waals surface area contributed by atoms with E-state index in [2.05, 4.69) is 5.32 Å². The second-order valence-corrected chi connectivity index (χ2v) is 12.4. The van der Waals surface area contributed by atoms with Crippen LogP contribution in [0, 0.1) is 13.8 Å². The van der Waals surface area contributed by atoms with Crippen molar-refractivity contribution in [2.45, 2.75) is 52.7 Å². The van der Waals surface area contributed by atoms with Crippen LogP contribution in [0.1, 0.15) is 36.1 Å². The maximum absolute atomic E-state index is 14.1. The first kappa shape index (κ1) is 30.2. The van der Waals surface area contributed by atoms with Gasteiger partial charge < -0.3 is 10.2 Å². The molecule has 3 aromatic rings. The maximum atomic E-state index is 14.1. The lowest BCUT2D eigenvalue weighted by atomic mass is 10.0. The lowest BCUT2D eigenvalue weighted by Gasteiger charge is -2.34. The van der Waals surface area contributed by atoms with E-state index >= 15 is 0 Å². The van der Waals surface area contributed by atoms with Crippen LogP contribution in [0.2, 0.25) is 5.02 Å². The lowest BCUT2D eigenvalue weighted by molar-refractivity contribution is -0.140. The van der Waals surface area contributed by atoms with Crippen molar-refractivity contribution in [1.82, 2.24) is 10.2 Å². The summed E-state index contributed by atoms with van der Waals surface area (Å²) in [4.78, 5) is 29.1. The summed E-state index contributed by atoms with van der Waals surface area (Å²) in [5.41, 5.74) is 3.75. The molecule has 0 bridgehead atoms. The molecule has 0 saturated carbocycles. The summed E-state index contributed by atoms with van der Waals surface area (Å²) in [5, 5.41) is 3.30. The minimum Gasteiger partial charge on any atom is -0.352 e. The van der Waals surface area contributed by atoms with E-state index in [1.165, 1.54) is 11.0 Å². The largest absolute Gasteiger partial charge is 0.352 e. The molecule has 0 fully saturated rings. The molecule has 1 atom stereocenters. The van der Waals surface area contributed by atoms with Crippen LogP contribution in [0.4, 0.5) is 5.69 Å². The number of nitrogens with one attached hydrogen (secondary N) is 1. The first-order valence-corrected chi connectivity index (χ1v) is 15.0. The zero-order valence-electron chi connectivity index (χ0n) is 23.0. The molecule has 1 unspecified atom stereocenters. The van der Waals surface area contributed by atoms with Gasteiger partial charge in [0, 0.05) is 24.0 Å². The number of halogens is 1. The molecule has 2 amide bonds. The molecule has 0 saturated heterocycles. The molecule has 9 heteroatoms. The number of anilines is 1. The summed E-state index contributed by atoms with van der Waals surface area (Å²) in [7, 11) is -3.86. The van der Waals surface area contributed by atoms with E-state index in [4.69, 9.17) is 11.6 Å². The Hall–Kier alpha value is -3.36. The van der Waals surface area contributed by atoms with Crippen molar-refractivity contribution in [3.63, 3.8) is 0 Å². The van der Waals surface area contributed by atoms with Crippen molar-refractivity contribution in [3.05, 3.63) is 100 Å². The summed E-state index contributed by atoms with van der Waals surface area (Å²) < 4.78 is 26.9. The predicted molar refractivity (Wildman–Crippen MR) is 157 cm³/mol. The van der Waals surface area contributed by atoms with Gasteiger partial charge in [0.05, 0.1) is 11.9 Å². The first-order chi connectivity index (χ1) is 18.3. The van der Waals surface area contributed by atoms with Gasteiger partial charge in [0.2, 0.25) is 21.8 Å². The van der Waals surface area contributed by atoms with Crippen LogP contribution >= 0.6 is 11.6 Å². The highest BCUT2D eigenvalue weighted by Gasteiger charge is 2.33. The van der Waals surface area contributed by atoms with Gasteiger partial charge in [-0.1, -0.05) is 77.8 Å². The van der Waals surface area contributed by atoms with Gasteiger partial charge in [-0.25, -0.2) is 8.42 Å². The fourth-order valence-electron chi connectivity index (χ4n) is 4.27. The third-order valence-electron chi connectivity index (χ3n) is 6.29. The molecule has 7 nitrogen and oxygen atoms in total. The van der Waals surface area contributed by atoms with Gasteiger partial charge in [0.15, 0.2) is 0 Å². The lowest BCUT2D eigenvalue weighted by Crippen LogP contribution is -2.54. The summed E-state index contributed by atoms with van der Waals surface area (Å²) in [6.07, 6.45) is 1.32. The molecule has 0 aliphatic rings. The number of sulfonamides is 1. The standard InChI is InChI=1S/C30H36ClN3O4S/c1-21(2)32-30(36)28(17-24-9-7-6-8-10-24)33(19-25-14-11-22(3)12-15-25)29(35)20-34(39(5,37)38)27-18-26(31)16-13-23(27)4/h6-16,18,21,28H,17,19-20H2,1-5H3,(H,32,36). The average molecular weight is 570 g/mol. The topological polar surface area (TPSA) is 86.8 Å². The summed E-state index contributed by atoms with van der Waals surface area (Å²) in [6.45, 7) is 7.10. The number of hydrogen-bond acceptors (Lipinski definition) is 4. The quantitative estimate of drug-likeness (QED) is 0.356. The molecule has 0 aliphatic carbocycles. The Morgan fingerprint density at radius 2 is 1.56 bits per heavy atom. The molecule has 0 spiro atoms. The fourth-order valence-corrected chi connectivity index (χ4v) is 5.34. The highest BCUT2D eigenvalue weighted by Crippen LogP contribution is 2.27. The van der Waals surface area contributed by atoms with Gasteiger partial charge in [-0.15, -0.1) is 0 Å². The summed E-state index contributed by atoms with van der Waals surface area (Å²) in [5.74, 6) is -0.806. The minimum atomic E-state index is -3.86. The molecule has 39 heavy (non-hydrogen) atoms. The molecular weight excluding hydrogens is 534 g/mol. The molecule has 3 rings (SSSR count). The summed E-state index contributed by atoms with van der Waals surface area (Å²) >= 11 is 6.19. The van der Waals surface area contributed by atoms with Gasteiger partial charge in [-0.3, -0.25) is 13.9 Å². The van der Waals surface area contributed by atoms with Gasteiger partial charge in [-0.05, 0) is 56.5 Å². The Labute approximate surface area is 236 Å². The number of hydrogen-bond donors (Lipinski definition) is 1. The Balaban J connectivity index is 2.07. The predicted octanol–water partition coefficient (Wildman–Crippen LogP) is 4.89. The smallest absolute Gasteiger partial charge is 0.244 e. The normalized spacial score (nSPS) is 12.2. The van der Waals surface area contributed by atoms with Crippen molar-refractivity contribution in [1.29, 1.82) is 0 Å². The van der Waals surface area contributed by atoms with Crippen molar-refractivity contribution in [3.8, 4) is 0 Å². The Kier molecular flexibility index (Phi) is 10.2. The second kappa shape index (κ2) is 13.1. The maximum Gasteiger partial charge on any atom is 0.244 e. The van der Waals surface area contributed by atoms with Crippen LogP contribution < -0.4 is 9.62 Å². The van der Waals surface area contributed by atoms with Crippen LogP contribution in [-0.2, 0) is 32.6 Å². The molecule has 208 valence electrons. The van der Waals surface area contributed by atoms with E-state index < -0.39 is 28.5 Å². The number of carbonyl (C=O) groups excluding carboxylic acids is 2. The second-order valence-electron chi connectivity index (χ2n) is 10.1. The van der Waals surface area contributed by atoms with Crippen LogP contribution in [0.15, 0.2) is 72.8 Å². The van der Waals surface area contributed by atoms with Gasteiger partial charge >= 0.3 is 0 Å². The van der Waals surface area contributed by atoms with E-state index in [-0.39, 0.29) is 24.9 Å². The van der Waals surface area contributed by atoms with Gasteiger partial charge in [0.25, 0.3) is 0 Å². The van der Waals surface area contributed by atoms with Crippen molar-refractivity contribution in [2.75, 3.05) is 17.1 Å². The number of benzene rings is 3.